The summed E-state index contributed by atoms with van der Waals surface area (Å²) in [7, 11) is 0. The number of halogens is 1. The molecule has 1 atom stereocenters. The molecular formula is C15H23FN2O. The monoisotopic (exact) mass is 266 g/mol. The third-order valence-electron chi connectivity index (χ3n) is 2.69. The van der Waals surface area contributed by atoms with Gasteiger partial charge in [-0.3, -0.25) is 4.79 Å². The molecule has 0 heterocycles. The Balaban J connectivity index is 2.36. The fourth-order valence-corrected chi connectivity index (χ4v) is 2.00. The number of hydrogen-bond donors (Lipinski definition) is 2. The molecule has 0 aliphatic rings. The lowest BCUT2D eigenvalue weighted by Gasteiger charge is -2.23. The van der Waals surface area contributed by atoms with Gasteiger partial charge in [0.2, 0.25) is 5.91 Å². The average Bonchev–Trinajstić information content (AvgIpc) is 2.24. The van der Waals surface area contributed by atoms with E-state index in [9.17, 15) is 9.18 Å². The lowest BCUT2D eigenvalue weighted by Crippen LogP contribution is -2.39. The van der Waals surface area contributed by atoms with Gasteiger partial charge in [-0.1, -0.05) is 32.9 Å². The van der Waals surface area contributed by atoms with Crippen LogP contribution in [-0.2, 0) is 11.2 Å². The molecule has 0 fully saturated rings. The molecule has 0 radical (unpaired) electrons. The normalized spacial score (nSPS) is 13.1. The van der Waals surface area contributed by atoms with Crippen LogP contribution in [0.2, 0.25) is 0 Å². The summed E-state index contributed by atoms with van der Waals surface area (Å²) in [4.78, 5) is 11.7. The molecule has 0 aliphatic carbocycles. The molecular weight excluding hydrogens is 243 g/mol. The second-order valence-electron chi connectivity index (χ2n) is 6.14. The minimum absolute atomic E-state index is 0.0588. The van der Waals surface area contributed by atoms with Crippen LogP contribution in [0.25, 0.3) is 0 Å². The molecule has 0 saturated heterocycles. The molecule has 19 heavy (non-hydrogen) atoms. The van der Waals surface area contributed by atoms with E-state index in [2.05, 4.69) is 26.1 Å². The van der Waals surface area contributed by atoms with Crippen LogP contribution in [0, 0.1) is 11.2 Å². The summed E-state index contributed by atoms with van der Waals surface area (Å²) in [6.45, 7) is 6.79. The molecule has 1 rings (SSSR count). The summed E-state index contributed by atoms with van der Waals surface area (Å²) >= 11 is 0. The van der Waals surface area contributed by atoms with Crippen molar-refractivity contribution in [1.82, 2.24) is 5.32 Å². The van der Waals surface area contributed by atoms with E-state index in [1.54, 1.807) is 12.1 Å². The maximum absolute atomic E-state index is 13.0. The van der Waals surface area contributed by atoms with Crippen molar-refractivity contribution in [3.63, 3.8) is 0 Å². The lowest BCUT2D eigenvalue weighted by molar-refractivity contribution is -0.120. The Morgan fingerprint density at radius 2 is 2.11 bits per heavy atom. The van der Waals surface area contributed by atoms with Gasteiger partial charge in [-0.2, -0.15) is 0 Å². The first-order chi connectivity index (χ1) is 8.76. The predicted molar refractivity (Wildman–Crippen MR) is 75.2 cm³/mol. The van der Waals surface area contributed by atoms with E-state index in [0.29, 0.717) is 12.1 Å². The zero-order valence-electron chi connectivity index (χ0n) is 11.9. The zero-order valence-corrected chi connectivity index (χ0v) is 11.9. The van der Waals surface area contributed by atoms with Crippen LogP contribution in [-0.4, -0.2) is 18.5 Å². The van der Waals surface area contributed by atoms with Crippen molar-refractivity contribution >= 4 is 5.91 Å². The second kappa shape index (κ2) is 6.66. The van der Waals surface area contributed by atoms with Gasteiger partial charge in [0.15, 0.2) is 0 Å². The van der Waals surface area contributed by atoms with Crippen molar-refractivity contribution in [2.75, 3.05) is 6.54 Å². The van der Waals surface area contributed by atoms with Crippen molar-refractivity contribution < 1.29 is 9.18 Å². The van der Waals surface area contributed by atoms with Gasteiger partial charge in [0.05, 0.1) is 6.42 Å². The molecule has 0 bridgehead atoms. The first-order valence-corrected chi connectivity index (χ1v) is 6.53. The van der Waals surface area contributed by atoms with E-state index in [1.165, 1.54) is 12.1 Å². The molecule has 1 aromatic carbocycles. The van der Waals surface area contributed by atoms with Crippen LogP contribution in [0.5, 0.6) is 0 Å². The number of hydrogen-bond acceptors (Lipinski definition) is 2. The molecule has 4 heteroatoms. The van der Waals surface area contributed by atoms with Gasteiger partial charge < -0.3 is 11.1 Å². The third-order valence-corrected chi connectivity index (χ3v) is 2.69. The molecule has 0 spiro atoms. The van der Waals surface area contributed by atoms with Gasteiger partial charge in [-0.05, 0) is 29.5 Å². The first-order valence-electron chi connectivity index (χ1n) is 6.53. The Labute approximate surface area is 114 Å². The Morgan fingerprint density at radius 3 is 2.68 bits per heavy atom. The van der Waals surface area contributed by atoms with E-state index < -0.39 is 0 Å². The molecule has 0 aliphatic heterocycles. The zero-order chi connectivity index (χ0) is 14.5. The van der Waals surface area contributed by atoms with Crippen molar-refractivity contribution in [1.29, 1.82) is 0 Å². The number of carbonyl (C=O) groups is 1. The number of rotatable bonds is 5. The third kappa shape index (κ3) is 6.91. The first kappa shape index (κ1) is 15.6. The molecule has 3 N–H and O–H groups in total. The van der Waals surface area contributed by atoms with Crippen LogP contribution in [0.3, 0.4) is 0 Å². The maximum atomic E-state index is 13.0. The second-order valence-corrected chi connectivity index (χ2v) is 6.14. The van der Waals surface area contributed by atoms with Crippen LogP contribution in [0.4, 0.5) is 4.39 Å². The maximum Gasteiger partial charge on any atom is 0.224 e. The molecule has 106 valence electrons. The lowest BCUT2D eigenvalue weighted by atomic mass is 9.88. The van der Waals surface area contributed by atoms with Crippen molar-refractivity contribution in [2.45, 2.75) is 39.7 Å². The van der Waals surface area contributed by atoms with E-state index in [1.807, 2.05) is 0 Å². The summed E-state index contributed by atoms with van der Waals surface area (Å²) < 4.78 is 13.0. The minimum atomic E-state index is -0.324. The van der Waals surface area contributed by atoms with Gasteiger partial charge in [0.1, 0.15) is 5.82 Å². The number of benzene rings is 1. The minimum Gasteiger partial charge on any atom is -0.354 e. The number of nitrogens with one attached hydrogen (secondary N) is 1. The quantitative estimate of drug-likeness (QED) is 0.859. The highest BCUT2D eigenvalue weighted by Crippen LogP contribution is 2.19. The fraction of sp³-hybridized carbons (Fsp3) is 0.533. The average molecular weight is 266 g/mol. The highest BCUT2D eigenvalue weighted by molar-refractivity contribution is 5.78. The van der Waals surface area contributed by atoms with Gasteiger partial charge >= 0.3 is 0 Å². The van der Waals surface area contributed by atoms with Crippen LogP contribution >= 0.6 is 0 Å². The van der Waals surface area contributed by atoms with E-state index in [-0.39, 0.29) is 29.6 Å². The van der Waals surface area contributed by atoms with Crippen LogP contribution in [0.15, 0.2) is 24.3 Å². The summed E-state index contributed by atoms with van der Waals surface area (Å²) in [5.41, 5.74) is 6.76. The van der Waals surface area contributed by atoms with E-state index in [0.717, 1.165) is 6.42 Å². The topological polar surface area (TPSA) is 55.1 Å². The SMILES string of the molecule is CC(C)(C)CC(N)CNC(=O)Cc1cccc(F)c1. The summed E-state index contributed by atoms with van der Waals surface area (Å²) in [6, 6.07) is 6.01. The molecule has 1 amide bonds. The van der Waals surface area contributed by atoms with Gasteiger partial charge in [-0.25, -0.2) is 4.39 Å². The Bertz CT molecular complexity index is 426. The number of nitrogens with two attached hydrogens (primary N) is 1. The molecule has 0 saturated carbocycles. The van der Waals surface area contributed by atoms with Crippen molar-refractivity contribution in [3.8, 4) is 0 Å². The Kier molecular flexibility index (Phi) is 5.48. The van der Waals surface area contributed by atoms with Crippen molar-refractivity contribution in [3.05, 3.63) is 35.6 Å². The largest absolute Gasteiger partial charge is 0.354 e. The summed E-state index contributed by atoms with van der Waals surface area (Å²) in [6.07, 6.45) is 1.02. The predicted octanol–water partition coefficient (Wildman–Crippen LogP) is 2.25. The number of amides is 1. The van der Waals surface area contributed by atoms with Crippen LogP contribution in [0.1, 0.15) is 32.8 Å². The van der Waals surface area contributed by atoms with Crippen molar-refractivity contribution in [2.24, 2.45) is 11.1 Å². The van der Waals surface area contributed by atoms with Gasteiger partial charge in [-0.15, -0.1) is 0 Å². The van der Waals surface area contributed by atoms with Gasteiger partial charge in [0.25, 0.3) is 0 Å². The van der Waals surface area contributed by atoms with E-state index in [4.69, 9.17) is 5.73 Å². The van der Waals surface area contributed by atoms with E-state index >= 15 is 0 Å². The van der Waals surface area contributed by atoms with Crippen LogP contribution < -0.4 is 11.1 Å². The standard InChI is InChI=1S/C15H23FN2O/c1-15(2,3)9-13(17)10-18-14(19)8-11-5-4-6-12(16)7-11/h4-7,13H,8-10,17H2,1-3H3,(H,18,19). The molecule has 1 aromatic rings. The molecule has 1 unspecified atom stereocenters. The fourth-order valence-electron chi connectivity index (χ4n) is 2.00. The highest BCUT2D eigenvalue weighted by atomic mass is 19.1. The Morgan fingerprint density at radius 1 is 1.42 bits per heavy atom. The van der Waals surface area contributed by atoms with Gasteiger partial charge in [0, 0.05) is 12.6 Å². The molecule has 0 aromatic heterocycles. The summed E-state index contributed by atoms with van der Waals surface area (Å²) in [5.74, 6) is -0.454. The number of carbonyl (C=O) groups excluding carboxylic acids is 1. The Hall–Kier alpha value is -1.42. The smallest absolute Gasteiger partial charge is 0.224 e. The summed E-state index contributed by atoms with van der Waals surface area (Å²) in [5, 5.41) is 2.79. The highest BCUT2D eigenvalue weighted by Gasteiger charge is 2.16. The molecule has 3 nitrogen and oxygen atoms in total.